The van der Waals surface area contributed by atoms with Crippen molar-refractivity contribution >= 4 is 44.4 Å². The molecule has 10 heteroatoms. The zero-order chi connectivity index (χ0) is 22.2. The number of piperazine rings is 1. The zero-order valence-corrected chi connectivity index (χ0v) is 18.9. The summed E-state index contributed by atoms with van der Waals surface area (Å²) >= 11 is 1.54. The minimum absolute atomic E-state index is 0.0713. The maximum absolute atomic E-state index is 13.1. The molecule has 1 amide bonds. The number of carbonyl (C=O) groups excluding carboxylic acids is 1. The van der Waals surface area contributed by atoms with Crippen LogP contribution in [0.5, 0.6) is 0 Å². The number of hydrogen-bond donors (Lipinski definition) is 0. The summed E-state index contributed by atoms with van der Waals surface area (Å²) in [6.07, 6.45) is 3.29. The molecule has 3 aromatic rings. The predicted octanol–water partition coefficient (Wildman–Crippen LogP) is 2.78. The number of aromatic nitrogens is 1. The summed E-state index contributed by atoms with van der Waals surface area (Å²) in [6.45, 7) is 4.75. The second-order valence-corrected chi connectivity index (χ2v) is 10.5. The van der Waals surface area contributed by atoms with E-state index in [1.807, 2.05) is 31.4 Å². The molecule has 31 heavy (non-hydrogen) atoms. The number of oxazole rings is 1. The minimum Gasteiger partial charge on any atom is -0.408 e. The molecular formula is C21H23N3O5S2. The van der Waals surface area contributed by atoms with Gasteiger partial charge in [0.15, 0.2) is 5.58 Å². The van der Waals surface area contributed by atoms with E-state index in [0.29, 0.717) is 18.6 Å². The predicted molar refractivity (Wildman–Crippen MR) is 120 cm³/mol. The van der Waals surface area contributed by atoms with Crippen molar-refractivity contribution in [3.63, 3.8) is 0 Å². The number of fused-ring (bicyclic) bond motifs is 1. The van der Waals surface area contributed by atoms with Crippen LogP contribution in [0.15, 0.2) is 55.9 Å². The van der Waals surface area contributed by atoms with Crippen molar-refractivity contribution in [3.8, 4) is 0 Å². The van der Waals surface area contributed by atoms with E-state index in [1.54, 1.807) is 28.4 Å². The van der Waals surface area contributed by atoms with Crippen molar-refractivity contribution in [1.82, 2.24) is 13.8 Å². The quantitative estimate of drug-likeness (QED) is 0.545. The van der Waals surface area contributed by atoms with Crippen molar-refractivity contribution in [3.05, 3.63) is 57.2 Å². The highest BCUT2D eigenvalue weighted by molar-refractivity contribution is 7.89. The lowest BCUT2D eigenvalue weighted by Crippen LogP contribution is -2.50. The number of carbonyl (C=O) groups is 1. The molecular weight excluding hydrogens is 438 g/mol. The van der Waals surface area contributed by atoms with Gasteiger partial charge in [0.05, 0.1) is 10.4 Å². The highest BCUT2D eigenvalue weighted by Gasteiger charge is 2.30. The van der Waals surface area contributed by atoms with Crippen molar-refractivity contribution in [2.24, 2.45) is 0 Å². The molecule has 0 N–H and O–H groups in total. The van der Waals surface area contributed by atoms with Crippen LogP contribution in [0.2, 0.25) is 0 Å². The molecule has 1 aliphatic rings. The molecule has 0 spiro atoms. The Hall–Kier alpha value is -2.69. The van der Waals surface area contributed by atoms with Crippen LogP contribution in [-0.2, 0) is 14.8 Å². The third-order valence-corrected chi connectivity index (χ3v) is 7.95. The number of thiophene rings is 1. The molecule has 0 saturated carbocycles. The molecule has 0 unspecified atom stereocenters. The Balaban J connectivity index is 1.48. The van der Waals surface area contributed by atoms with Gasteiger partial charge in [0.25, 0.3) is 0 Å². The van der Waals surface area contributed by atoms with E-state index in [0.717, 1.165) is 4.88 Å². The van der Waals surface area contributed by atoms with Crippen molar-refractivity contribution < 1.29 is 17.6 Å². The van der Waals surface area contributed by atoms with Gasteiger partial charge in [0.1, 0.15) is 0 Å². The average molecular weight is 462 g/mol. The van der Waals surface area contributed by atoms with Crippen molar-refractivity contribution in [2.45, 2.75) is 24.8 Å². The lowest BCUT2D eigenvalue weighted by Gasteiger charge is -2.33. The number of benzene rings is 1. The lowest BCUT2D eigenvalue weighted by atomic mass is 10.3. The van der Waals surface area contributed by atoms with Gasteiger partial charge in [0.2, 0.25) is 15.9 Å². The van der Waals surface area contributed by atoms with Crippen LogP contribution in [0.25, 0.3) is 17.2 Å². The Morgan fingerprint density at radius 3 is 2.55 bits per heavy atom. The highest BCUT2D eigenvalue weighted by Crippen LogP contribution is 2.24. The Morgan fingerprint density at radius 1 is 1.16 bits per heavy atom. The summed E-state index contributed by atoms with van der Waals surface area (Å²) in [5, 5.41) is 1.94. The summed E-state index contributed by atoms with van der Waals surface area (Å²) in [5.74, 6) is -0.647. The largest absolute Gasteiger partial charge is 0.420 e. The van der Waals surface area contributed by atoms with Crippen LogP contribution in [0.1, 0.15) is 24.8 Å². The molecule has 0 bridgehead atoms. The molecule has 1 fully saturated rings. The zero-order valence-electron chi connectivity index (χ0n) is 17.2. The normalized spacial score (nSPS) is 16.0. The molecule has 1 aromatic carbocycles. The topological polar surface area (TPSA) is 92.8 Å². The Kier molecular flexibility index (Phi) is 5.87. The molecule has 4 rings (SSSR count). The third kappa shape index (κ3) is 4.23. The highest BCUT2D eigenvalue weighted by atomic mass is 32.2. The van der Waals surface area contributed by atoms with E-state index in [-0.39, 0.29) is 35.5 Å². The van der Waals surface area contributed by atoms with Crippen LogP contribution in [0.3, 0.4) is 0 Å². The smallest absolute Gasteiger partial charge is 0.408 e. The molecule has 1 saturated heterocycles. The van der Waals surface area contributed by atoms with Crippen LogP contribution >= 0.6 is 11.3 Å². The van der Waals surface area contributed by atoms with E-state index in [2.05, 4.69) is 0 Å². The molecule has 0 aliphatic carbocycles. The van der Waals surface area contributed by atoms with E-state index in [1.165, 1.54) is 27.1 Å². The Bertz CT molecular complexity index is 1280. The van der Waals surface area contributed by atoms with Crippen LogP contribution in [-0.4, -0.2) is 54.3 Å². The van der Waals surface area contributed by atoms with Gasteiger partial charge in [-0.05, 0) is 43.5 Å². The van der Waals surface area contributed by atoms with Gasteiger partial charge in [-0.2, -0.15) is 4.31 Å². The molecule has 2 aromatic heterocycles. The number of sulfonamides is 1. The summed E-state index contributed by atoms with van der Waals surface area (Å²) in [5.41, 5.74) is 0.805. The van der Waals surface area contributed by atoms with Gasteiger partial charge in [0, 0.05) is 49.2 Å². The summed E-state index contributed by atoms with van der Waals surface area (Å²) in [7, 11) is -3.77. The van der Waals surface area contributed by atoms with Crippen LogP contribution in [0.4, 0.5) is 0 Å². The monoisotopic (exact) mass is 461 g/mol. The van der Waals surface area contributed by atoms with Gasteiger partial charge < -0.3 is 9.32 Å². The number of hydrogen-bond acceptors (Lipinski definition) is 6. The minimum atomic E-state index is -3.77. The van der Waals surface area contributed by atoms with Gasteiger partial charge in [-0.25, -0.2) is 13.2 Å². The van der Waals surface area contributed by atoms with Gasteiger partial charge in [-0.3, -0.25) is 9.36 Å². The van der Waals surface area contributed by atoms with Crippen LogP contribution in [0, 0.1) is 0 Å². The SMILES string of the molecule is CC(C)n1c(=O)oc2cc(S(=O)(=O)N3CCN(C(=O)C=Cc4cccs4)CC3)ccc21. The first-order valence-corrected chi connectivity index (χ1v) is 12.2. The summed E-state index contributed by atoms with van der Waals surface area (Å²) < 4.78 is 34.3. The molecule has 8 nitrogen and oxygen atoms in total. The van der Waals surface area contributed by atoms with Gasteiger partial charge >= 0.3 is 5.76 Å². The summed E-state index contributed by atoms with van der Waals surface area (Å²) in [6, 6.07) is 8.23. The first kappa shape index (κ1) is 21.5. The van der Waals surface area contributed by atoms with Crippen molar-refractivity contribution in [2.75, 3.05) is 26.2 Å². The van der Waals surface area contributed by atoms with Crippen LogP contribution < -0.4 is 5.76 Å². The lowest BCUT2D eigenvalue weighted by molar-refractivity contribution is -0.127. The number of amides is 1. The Labute approximate surface area is 184 Å². The second-order valence-electron chi connectivity index (χ2n) is 7.54. The molecule has 3 heterocycles. The van der Waals surface area contributed by atoms with Gasteiger partial charge in [-0.15, -0.1) is 11.3 Å². The fourth-order valence-corrected chi connectivity index (χ4v) is 5.67. The van der Waals surface area contributed by atoms with Crippen molar-refractivity contribution in [1.29, 1.82) is 0 Å². The maximum Gasteiger partial charge on any atom is 0.420 e. The summed E-state index contributed by atoms with van der Waals surface area (Å²) in [4.78, 5) is 27.2. The van der Waals surface area contributed by atoms with E-state index in [9.17, 15) is 18.0 Å². The second kappa shape index (κ2) is 8.45. The first-order valence-electron chi connectivity index (χ1n) is 9.93. The van der Waals surface area contributed by atoms with E-state index in [4.69, 9.17) is 4.42 Å². The molecule has 164 valence electrons. The first-order chi connectivity index (χ1) is 14.8. The fraction of sp³-hybridized carbons (Fsp3) is 0.333. The Morgan fingerprint density at radius 2 is 1.90 bits per heavy atom. The third-order valence-electron chi connectivity index (χ3n) is 5.22. The van der Waals surface area contributed by atoms with E-state index < -0.39 is 15.8 Å². The standard InChI is InChI=1S/C21H23N3O5S2/c1-15(2)24-18-7-6-17(14-19(18)29-21(24)26)31(27,28)23-11-9-22(10-12-23)20(25)8-5-16-4-3-13-30-16/h3-8,13-15H,9-12H2,1-2H3. The average Bonchev–Trinajstić information content (AvgIpc) is 3.38. The molecule has 1 aliphatic heterocycles. The fourth-order valence-electron chi connectivity index (χ4n) is 3.61. The maximum atomic E-state index is 13.1. The molecule has 0 atom stereocenters. The number of rotatable bonds is 5. The number of nitrogens with zero attached hydrogens (tertiary/aromatic N) is 3. The van der Waals surface area contributed by atoms with Gasteiger partial charge in [-0.1, -0.05) is 6.07 Å². The van der Waals surface area contributed by atoms with E-state index >= 15 is 0 Å². The molecule has 0 radical (unpaired) electrons.